The summed E-state index contributed by atoms with van der Waals surface area (Å²) in [7, 11) is 7.66. The normalized spacial score (nSPS) is 32.8. The van der Waals surface area contributed by atoms with Crippen LogP contribution in [0.4, 0.5) is 5.69 Å². The van der Waals surface area contributed by atoms with E-state index in [9.17, 15) is 19.5 Å². The van der Waals surface area contributed by atoms with E-state index in [1.54, 1.807) is 25.3 Å². The maximum absolute atomic E-state index is 15.7. The lowest BCUT2D eigenvalue weighted by Crippen LogP contribution is -2.81. The standard InChI is InChI=1S/C54H64ClN5O10/c1-9-50(57-44(62)33-16-17-41(66-5)38(55)24-33)27-32-28-53(48(63)68-7,43-35(18-22-59(29-32)30-50)34-14-11-12-15-39(34)56-43)37-25-36-40(26-42(37)67-6)58(4)46-52(36)20-23-60-21-13-19-51(10-2,45(52)60)47(70-31(3)61)54(46,65)49(64)69-8/h11-17,19,24-26,32,45-47,56,65H,9-10,18,20-23,27-30H2,1-8H3,(H,57,62)/t32-,45+,46-,47-,50+,51-,52-,53+,54+/m1/s1. The summed E-state index contributed by atoms with van der Waals surface area (Å²) in [5.74, 6) is -1.51. The van der Waals surface area contributed by atoms with E-state index in [-0.39, 0.29) is 24.3 Å². The van der Waals surface area contributed by atoms with Gasteiger partial charge in [0.25, 0.3) is 5.91 Å². The van der Waals surface area contributed by atoms with Crippen molar-refractivity contribution < 1.29 is 48.0 Å². The molecule has 1 spiro atoms. The number of nitrogens with one attached hydrogen (secondary N) is 2. The molecule has 10 atom stereocenters. The van der Waals surface area contributed by atoms with Gasteiger partial charge in [0, 0.05) is 96.5 Å². The number of benzene rings is 3. The molecule has 10 rings (SSSR count). The van der Waals surface area contributed by atoms with Crippen molar-refractivity contribution in [2.75, 3.05) is 73.1 Å². The molecule has 372 valence electrons. The Bertz CT molecular complexity index is 2830. The van der Waals surface area contributed by atoms with Crippen molar-refractivity contribution >= 4 is 52.0 Å². The number of carbonyl (C=O) groups is 4. The van der Waals surface area contributed by atoms with Crippen molar-refractivity contribution in [3.05, 3.63) is 99.7 Å². The van der Waals surface area contributed by atoms with Crippen LogP contribution in [-0.4, -0.2) is 141 Å². The van der Waals surface area contributed by atoms with Crippen LogP contribution < -0.4 is 19.7 Å². The van der Waals surface area contributed by atoms with Gasteiger partial charge in [-0.15, -0.1) is 0 Å². The molecule has 1 saturated carbocycles. The average molecular weight is 979 g/mol. The molecule has 1 aliphatic carbocycles. The number of aliphatic hydroxyl groups is 1. The lowest BCUT2D eigenvalue weighted by molar-refractivity contribution is -0.228. The Labute approximate surface area is 413 Å². The number of fused-ring (bicyclic) bond motifs is 6. The summed E-state index contributed by atoms with van der Waals surface area (Å²) in [6, 6.07) is 15.9. The van der Waals surface area contributed by atoms with Gasteiger partial charge < -0.3 is 48.9 Å². The van der Waals surface area contributed by atoms with Crippen LogP contribution >= 0.6 is 11.6 Å². The fourth-order valence-electron chi connectivity index (χ4n) is 14.8. The molecule has 1 unspecified atom stereocenters. The zero-order chi connectivity index (χ0) is 49.7. The lowest BCUT2D eigenvalue weighted by atomic mass is 9.47. The number of amides is 1. The topological polar surface area (TPSA) is 172 Å². The first-order valence-electron chi connectivity index (χ1n) is 24.5. The number of nitrogens with zero attached hydrogens (tertiary/aromatic N) is 3. The molecule has 3 fully saturated rings. The molecule has 5 aliphatic heterocycles. The van der Waals surface area contributed by atoms with Crippen molar-refractivity contribution in [1.82, 2.24) is 20.1 Å². The molecule has 3 N–H and O–H groups in total. The monoisotopic (exact) mass is 977 g/mol. The van der Waals surface area contributed by atoms with E-state index in [4.69, 9.17) is 35.3 Å². The number of rotatable bonds is 10. The van der Waals surface area contributed by atoms with Crippen LogP contribution in [0.15, 0.2) is 66.7 Å². The predicted octanol–water partition coefficient (Wildman–Crippen LogP) is 6.09. The summed E-state index contributed by atoms with van der Waals surface area (Å²) in [6.07, 6.45) is 5.81. The largest absolute Gasteiger partial charge is 0.496 e. The molecule has 2 bridgehead atoms. The quantitative estimate of drug-likeness (QED) is 0.0949. The van der Waals surface area contributed by atoms with Gasteiger partial charge in [-0.2, -0.15) is 0 Å². The van der Waals surface area contributed by atoms with E-state index in [1.165, 1.54) is 28.3 Å². The molecular weight excluding hydrogens is 914 g/mol. The second-order valence-corrected chi connectivity index (χ2v) is 21.0. The zero-order valence-electron chi connectivity index (χ0n) is 41.3. The first-order chi connectivity index (χ1) is 33.6. The van der Waals surface area contributed by atoms with Gasteiger partial charge in [-0.05, 0) is 92.4 Å². The summed E-state index contributed by atoms with van der Waals surface area (Å²) < 4.78 is 29.6. The van der Waals surface area contributed by atoms with Gasteiger partial charge in [-0.3, -0.25) is 19.3 Å². The van der Waals surface area contributed by atoms with Gasteiger partial charge in [0.2, 0.25) is 5.60 Å². The van der Waals surface area contributed by atoms with E-state index in [0.717, 1.165) is 22.0 Å². The maximum Gasteiger partial charge on any atom is 0.344 e. The third-order valence-corrected chi connectivity index (χ3v) is 17.7. The molecule has 2 saturated heterocycles. The molecule has 16 heteroatoms. The minimum Gasteiger partial charge on any atom is -0.496 e. The van der Waals surface area contributed by atoms with Crippen LogP contribution in [0.1, 0.15) is 85.6 Å². The highest BCUT2D eigenvalue weighted by molar-refractivity contribution is 6.32. The van der Waals surface area contributed by atoms with Crippen molar-refractivity contribution in [2.24, 2.45) is 11.3 Å². The smallest absolute Gasteiger partial charge is 0.344 e. The number of anilines is 1. The summed E-state index contributed by atoms with van der Waals surface area (Å²) in [5, 5.41) is 18.3. The number of aromatic nitrogens is 1. The lowest BCUT2D eigenvalue weighted by Gasteiger charge is -2.63. The Kier molecular flexibility index (Phi) is 11.9. The number of likely N-dealkylation sites (N-methyl/N-ethyl adjacent to an activating group) is 1. The first-order valence-corrected chi connectivity index (χ1v) is 24.9. The van der Waals surface area contributed by atoms with Crippen LogP contribution in [-0.2, 0) is 45.8 Å². The Morgan fingerprint density at radius 2 is 1.66 bits per heavy atom. The van der Waals surface area contributed by atoms with Gasteiger partial charge in [0.1, 0.15) is 16.9 Å². The van der Waals surface area contributed by atoms with E-state index in [0.29, 0.717) is 104 Å². The SMILES string of the molecule is CC[C@]1(NC(=O)c2ccc(OC)c(Cl)c2)C[C@H]2CN(CCc3c([nH]c4ccccc34)[C@@](C(=O)OC)(c3cc4c(cc3OC)N(C)[C@H]3[C@@](O)(C(=O)OC)[C@H](OC(C)=O)[C@]5(CC)C=CCN6CC[C@]43[C@@H]65)C2)C1. The highest BCUT2D eigenvalue weighted by Gasteiger charge is 2.80. The summed E-state index contributed by atoms with van der Waals surface area (Å²) in [5.41, 5.74) is -1.37. The number of H-pyrrole nitrogens is 1. The molecule has 6 aliphatic rings. The number of hydrogen-bond acceptors (Lipinski definition) is 13. The molecule has 70 heavy (non-hydrogen) atoms. The molecule has 3 aromatic carbocycles. The van der Waals surface area contributed by atoms with Crippen LogP contribution in [0, 0.1) is 11.3 Å². The number of piperidine rings is 1. The Morgan fingerprint density at radius 3 is 2.34 bits per heavy atom. The number of para-hydroxylation sites is 1. The molecule has 0 radical (unpaired) electrons. The maximum atomic E-state index is 15.7. The molecule has 1 aromatic heterocycles. The molecular formula is C54H64ClN5O10. The Balaban J connectivity index is 1.20. The molecule has 4 aromatic rings. The number of aromatic amines is 1. The first kappa shape index (κ1) is 48.0. The number of methoxy groups -OCH3 is 4. The number of hydrogen-bond donors (Lipinski definition) is 3. The summed E-state index contributed by atoms with van der Waals surface area (Å²) in [6.45, 7) is 8.56. The second-order valence-electron chi connectivity index (χ2n) is 20.6. The van der Waals surface area contributed by atoms with E-state index in [2.05, 4.69) is 39.2 Å². The zero-order valence-corrected chi connectivity index (χ0v) is 42.0. The van der Waals surface area contributed by atoms with Crippen molar-refractivity contribution in [2.45, 2.75) is 99.5 Å². The van der Waals surface area contributed by atoms with Gasteiger partial charge in [-0.25, -0.2) is 4.79 Å². The number of ether oxygens (including phenoxy) is 5. The van der Waals surface area contributed by atoms with Gasteiger partial charge in [0.15, 0.2) is 6.10 Å². The summed E-state index contributed by atoms with van der Waals surface area (Å²) in [4.78, 5) is 68.3. The fourth-order valence-corrected chi connectivity index (χ4v) is 15.1. The summed E-state index contributed by atoms with van der Waals surface area (Å²) >= 11 is 6.53. The van der Waals surface area contributed by atoms with Crippen LogP contribution in [0.5, 0.6) is 11.5 Å². The molecule has 15 nitrogen and oxygen atoms in total. The van der Waals surface area contributed by atoms with Crippen molar-refractivity contribution in [3.8, 4) is 11.5 Å². The van der Waals surface area contributed by atoms with Gasteiger partial charge >= 0.3 is 17.9 Å². The Morgan fingerprint density at radius 1 is 0.900 bits per heavy atom. The third kappa shape index (κ3) is 6.63. The highest BCUT2D eigenvalue weighted by Crippen LogP contribution is 2.68. The molecule has 6 heterocycles. The Hall–Kier alpha value is -5.61. The predicted molar refractivity (Wildman–Crippen MR) is 264 cm³/mol. The highest BCUT2D eigenvalue weighted by atomic mass is 35.5. The number of halogens is 1. The van der Waals surface area contributed by atoms with Gasteiger partial charge in [0.05, 0.1) is 45.0 Å². The van der Waals surface area contributed by atoms with Crippen molar-refractivity contribution in [1.29, 1.82) is 0 Å². The van der Waals surface area contributed by atoms with E-state index < -0.39 is 57.4 Å². The fraction of sp³-hybridized carbons (Fsp3) is 0.519. The molecule has 1 amide bonds. The van der Waals surface area contributed by atoms with Gasteiger partial charge in [-0.1, -0.05) is 55.8 Å². The average Bonchev–Trinajstić information content (AvgIpc) is 4.02. The van der Waals surface area contributed by atoms with E-state index in [1.807, 2.05) is 55.3 Å². The third-order valence-electron chi connectivity index (χ3n) is 17.4. The van der Waals surface area contributed by atoms with Crippen LogP contribution in [0.2, 0.25) is 5.02 Å². The second kappa shape index (κ2) is 17.3. The van der Waals surface area contributed by atoms with Crippen molar-refractivity contribution in [3.63, 3.8) is 0 Å². The van der Waals surface area contributed by atoms with E-state index >= 15 is 4.79 Å². The number of carbonyl (C=O) groups excluding carboxylic acids is 4. The van der Waals surface area contributed by atoms with Crippen LogP contribution in [0.3, 0.4) is 0 Å². The van der Waals surface area contributed by atoms with Crippen LogP contribution in [0.25, 0.3) is 10.9 Å². The minimum absolute atomic E-state index is 0.168. The number of esters is 3. The minimum atomic E-state index is -2.34.